The van der Waals surface area contributed by atoms with Crippen molar-refractivity contribution in [1.82, 2.24) is 0 Å². The van der Waals surface area contributed by atoms with Crippen LogP contribution in [0.4, 0.5) is 0 Å². The summed E-state index contributed by atoms with van der Waals surface area (Å²) in [5, 5.41) is 0. The van der Waals surface area contributed by atoms with Crippen LogP contribution in [0.15, 0.2) is 139 Å². The van der Waals surface area contributed by atoms with Gasteiger partial charge in [0.25, 0.3) is 0 Å². The number of hydrogen-bond donors (Lipinski definition) is 0. The van der Waals surface area contributed by atoms with Crippen LogP contribution < -0.4 is 14.2 Å². The quantitative estimate of drug-likeness (QED) is 0.0454. The fourth-order valence-electron chi connectivity index (χ4n) is 6.25. The van der Waals surface area contributed by atoms with Crippen LogP contribution in [0.3, 0.4) is 0 Å². The van der Waals surface area contributed by atoms with Gasteiger partial charge in [0.15, 0.2) is 11.5 Å². The van der Waals surface area contributed by atoms with Gasteiger partial charge in [-0.1, -0.05) is 83.8 Å². The predicted octanol–water partition coefficient (Wildman–Crippen LogP) is 12.3. The Labute approximate surface area is 434 Å². The second-order valence-electron chi connectivity index (χ2n) is 15.7. The maximum atomic E-state index is 12.7. The Kier molecular flexibility index (Phi) is 24.2. The van der Waals surface area contributed by atoms with Crippen LogP contribution in [0, 0.1) is 59.7 Å². The van der Waals surface area contributed by atoms with Gasteiger partial charge in [-0.25, -0.2) is 0 Å². The molecule has 0 spiro atoms. The van der Waals surface area contributed by atoms with E-state index in [1.165, 1.54) is 31.1 Å². The molecule has 0 aliphatic heterocycles. The first kappa shape index (κ1) is 57.8. The van der Waals surface area contributed by atoms with E-state index in [2.05, 4.69) is 82.7 Å². The Morgan fingerprint density at radius 2 is 0.708 bits per heavy atom. The average Bonchev–Trinajstić information content (AvgIpc) is 3.39. The third-order valence-corrected chi connectivity index (χ3v) is 14.2. The molecule has 72 heavy (non-hydrogen) atoms. The van der Waals surface area contributed by atoms with Crippen LogP contribution in [0.2, 0.25) is 0 Å². The molecule has 6 aromatic rings. The zero-order chi connectivity index (χ0) is 52.6. The van der Waals surface area contributed by atoms with Crippen molar-refractivity contribution in [1.29, 1.82) is 0 Å². The number of aryl methyl sites for hydroxylation is 2. The third kappa shape index (κ3) is 19.1. The van der Waals surface area contributed by atoms with Crippen LogP contribution in [-0.4, -0.2) is 57.1 Å². The highest BCUT2D eigenvalue weighted by Crippen LogP contribution is 2.47. The molecule has 6 aromatic carbocycles. The Morgan fingerprint density at radius 3 is 1.11 bits per heavy atom. The van der Waals surface area contributed by atoms with E-state index in [0.717, 1.165) is 41.8 Å². The summed E-state index contributed by atoms with van der Waals surface area (Å²) in [4.78, 5) is 77.3. The molecule has 0 bridgehead atoms. The van der Waals surface area contributed by atoms with Crippen molar-refractivity contribution in [2.75, 3.05) is 21.3 Å². The first-order chi connectivity index (χ1) is 34.5. The molecule has 0 N–H and O–H groups in total. The summed E-state index contributed by atoms with van der Waals surface area (Å²) in [6.45, 7) is 11.6. The summed E-state index contributed by atoms with van der Waals surface area (Å²) >= 11 is 4.92. The molecule has 0 aliphatic carbocycles. The average molecular weight is 1030 g/mol. The van der Waals surface area contributed by atoms with Crippen molar-refractivity contribution >= 4 is 71.1 Å². The zero-order valence-electron chi connectivity index (χ0n) is 41.8. The number of benzene rings is 6. The smallest absolute Gasteiger partial charge is 0.311 e. The van der Waals surface area contributed by atoms with Crippen LogP contribution in [0.5, 0.6) is 17.2 Å². The third-order valence-electron chi connectivity index (χ3n) is 10.5. The normalized spacial score (nSPS) is 10.3. The molecular formula is C57H57O12S3. The van der Waals surface area contributed by atoms with Crippen LogP contribution >= 0.6 is 35.3 Å². The van der Waals surface area contributed by atoms with E-state index in [4.69, 9.17) is 14.2 Å². The van der Waals surface area contributed by atoms with E-state index >= 15 is 0 Å². The van der Waals surface area contributed by atoms with Crippen molar-refractivity contribution in [2.24, 2.45) is 0 Å². The van der Waals surface area contributed by atoms with E-state index < -0.39 is 35.8 Å². The SMILES string of the molecule is COC(=O)CCC(=O)Oc1c(C)c(C)c(Sc2c(C)ccc(C)c2C)c(C)c1OC(=O)CCC(=O)OC.COC(=O)CCC(=O)Oc1ccc(Sc2cc[c]cc2)cc1.[c]1ccc(Sc2cc[c]cc2)cc1. The molecule has 3 radical (unpaired) electrons. The fourth-order valence-corrected chi connectivity index (χ4v) is 9.18. The van der Waals surface area contributed by atoms with E-state index in [0.29, 0.717) is 16.9 Å². The highest BCUT2D eigenvalue weighted by atomic mass is 32.2. The summed E-state index contributed by atoms with van der Waals surface area (Å²) in [6, 6.07) is 43.9. The lowest BCUT2D eigenvalue weighted by molar-refractivity contribution is -0.145. The molecule has 0 saturated heterocycles. The van der Waals surface area contributed by atoms with Crippen molar-refractivity contribution in [3.8, 4) is 17.2 Å². The summed E-state index contributed by atoms with van der Waals surface area (Å²) in [5.41, 5.74) is 5.53. The number of hydrogen-bond acceptors (Lipinski definition) is 15. The van der Waals surface area contributed by atoms with Crippen LogP contribution in [0.25, 0.3) is 0 Å². The monoisotopic (exact) mass is 1030 g/mol. The summed E-state index contributed by atoms with van der Waals surface area (Å²) in [5.74, 6) is -2.61. The van der Waals surface area contributed by atoms with E-state index in [-0.39, 0.29) is 50.0 Å². The van der Waals surface area contributed by atoms with Gasteiger partial charge < -0.3 is 28.4 Å². The lowest BCUT2D eigenvalue weighted by atomic mass is 10.0. The molecule has 0 fully saturated rings. The lowest BCUT2D eigenvalue weighted by Crippen LogP contribution is -2.16. The number of carbonyl (C=O) groups is 6. The number of rotatable bonds is 18. The molecule has 0 unspecified atom stereocenters. The standard InChI is InChI=1S/C28H34O8S.C17H15O4S.C12H8S/c1-15-9-10-16(2)27(17(15)3)37-28-19(5)18(4)25(35-23(31)13-11-21(29)33-7)26(20(28)6)36-24(32)14-12-22(30)34-8;1-20-16(18)11-12-17(19)21-13-7-9-15(10-8-13)22-14-5-3-2-4-6-14;1-3-7-11(8-4-1)13-12-9-5-2-6-10-12/h9-10H,11-14H2,1-8H3;3-10H,11-12H2,1H3;3-10H. The van der Waals surface area contributed by atoms with E-state index in [1.54, 1.807) is 61.3 Å². The molecular weight excluding hydrogens is 973 g/mol. The largest absolute Gasteiger partial charge is 0.469 e. The maximum Gasteiger partial charge on any atom is 0.311 e. The number of esters is 6. The number of carbonyl (C=O) groups excluding carboxylic acids is 6. The minimum atomic E-state index is -0.664. The molecule has 12 nitrogen and oxygen atoms in total. The molecule has 0 saturated carbocycles. The van der Waals surface area contributed by atoms with Crippen LogP contribution in [-0.2, 0) is 43.0 Å². The minimum absolute atomic E-state index is 0.00366. The van der Waals surface area contributed by atoms with Crippen molar-refractivity contribution in [3.63, 3.8) is 0 Å². The fraction of sp³-hybridized carbons (Fsp3) is 0.263. The molecule has 6 rings (SSSR count). The van der Waals surface area contributed by atoms with Gasteiger partial charge in [0.1, 0.15) is 5.75 Å². The number of ether oxygens (including phenoxy) is 6. The highest BCUT2D eigenvalue weighted by molar-refractivity contribution is 8.00. The summed E-state index contributed by atoms with van der Waals surface area (Å²) in [6.07, 6.45) is -0.652. The van der Waals surface area contributed by atoms with Gasteiger partial charge in [-0.2, -0.15) is 0 Å². The first-order valence-corrected chi connectivity index (χ1v) is 25.0. The molecule has 0 heterocycles. The van der Waals surface area contributed by atoms with Gasteiger partial charge in [0.05, 0.1) is 59.9 Å². The number of methoxy groups -OCH3 is 3. The summed E-state index contributed by atoms with van der Waals surface area (Å²) < 4.78 is 30.1. The van der Waals surface area contributed by atoms with E-state index in [9.17, 15) is 28.8 Å². The molecule has 0 atom stereocenters. The Bertz CT molecular complexity index is 2730. The molecule has 15 heteroatoms. The Balaban J connectivity index is 0.000000267. The van der Waals surface area contributed by atoms with Gasteiger partial charge in [-0.15, -0.1) is 0 Å². The van der Waals surface area contributed by atoms with Crippen molar-refractivity contribution < 1.29 is 57.2 Å². The minimum Gasteiger partial charge on any atom is -0.469 e. The highest BCUT2D eigenvalue weighted by Gasteiger charge is 2.26. The van der Waals surface area contributed by atoms with E-state index in [1.807, 2.05) is 74.5 Å². The van der Waals surface area contributed by atoms with Gasteiger partial charge in [0.2, 0.25) is 0 Å². The molecule has 375 valence electrons. The van der Waals surface area contributed by atoms with Gasteiger partial charge >= 0.3 is 35.8 Å². The maximum absolute atomic E-state index is 12.7. The Hall–Kier alpha value is -6.81. The predicted molar refractivity (Wildman–Crippen MR) is 277 cm³/mol. The zero-order valence-corrected chi connectivity index (χ0v) is 44.2. The van der Waals surface area contributed by atoms with Gasteiger partial charge in [0, 0.05) is 34.9 Å². The molecule has 0 aromatic heterocycles. The topological polar surface area (TPSA) is 158 Å². The van der Waals surface area contributed by atoms with Gasteiger partial charge in [-0.3, -0.25) is 28.8 Å². The molecule has 0 amide bonds. The molecule has 0 aliphatic rings. The van der Waals surface area contributed by atoms with Crippen molar-refractivity contribution in [2.45, 2.75) is 109 Å². The first-order valence-electron chi connectivity index (χ1n) is 22.6. The van der Waals surface area contributed by atoms with Crippen molar-refractivity contribution in [3.05, 3.63) is 161 Å². The van der Waals surface area contributed by atoms with Crippen LogP contribution in [0.1, 0.15) is 71.9 Å². The second-order valence-corrected chi connectivity index (χ2v) is 19.0. The Morgan fingerprint density at radius 1 is 0.361 bits per heavy atom. The van der Waals surface area contributed by atoms with Gasteiger partial charge in [-0.05, 0) is 148 Å². The summed E-state index contributed by atoms with van der Waals surface area (Å²) in [7, 11) is 3.77. The lowest BCUT2D eigenvalue weighted by Gasteiger charge is -2.22. The second kappa shape index (κ2) is 30.2.